The third-order valence-electron chi connectivity index (χ3n) is 6.65. The standard InChI is InChI=1S/C30H27F2N7O4/c1-4-27(40)38(30(42)34-5-2)23-13-21-17(11-20(23)32)12-22(37-21)28(41)18-14-36-39(29(18)33)24-15-35-26(10-16(24)3)43-25-9-7-6-8-19(25)31/h6-15,37H,4-5,33H2,1-3H3,(H,34,42). The van der Waals surface area contributed by atoms with E-state index in [9.17, 15) is 18.8 Å². The molecule has 4 N–H and O–H groups in total. The van der Waals surface area contributed by atoms with Crippen LogP contribution in [0.3, 0.4) is 0 Å². The van der Waals surface area contributed by atoms with Crippen molar-refractivity contribution in [2.75, 3.05) is 17.2 Å². The number of rotatable bonds is 8. The quantitative estimate of drug-likeness (QED) is 0.206. The number of fused-ring (bicyclic) bond motifs is 1. The Morgan fingerprint density at radius 1 is 1.07 bits per heavy atom. The molecular formula is C30H27F2N7O4. The molecule has 0 aliphatic heterocycles. The smallest absolute Gasteiger partial charge is 0.328 e. The predicted octanol–water partition coefficient (Wildman–Crippen LogP) is 5.41. The van der Waals surface area contributed by atoms with Crippen molar-refractivity contribution in [3.63, 3.8) is 0 Å². The van der Waals surface area contributed by atoms with Crippen molar-refractivity contribution in [3.8, 4) is 17.3 Å². The second-order valence-electron chi connectivity index (χ2n) is 9.52. The van der Waals surface area contributed by atoms with E-state index in [0.29, 0.717) is 22.2 Å². The highest BCUT2D eigenvalue weighted by Gasteiger charge is 2.26. The number of ketones is 1. The van der Waals surface area contributed by atoms with Crippen LogP contribution in [-0.4, -0.2) is 44.0 Å². The lowest BCUT2D eigenvalue weighted by molar-refractivity contribution is -0.117. The number of amides is 3. The molecule has 43 heavy (non-hydrogen) atoms. The first-order valence-corrected chi connectivity index (χ1v) is 13.3. The average molecular weight is 588 g/mol. The molecule has 3 aromatic heterocycles. The van der Waals surface area contributed by atoms with Gasteiger partial charge in [-0.3, -0.25) is 9.59 Å². The predicted molar refractivity (Wildman–Crippen MR) is 156 cm³/mol. The molecule has 0 atom stereocenters. The largest absolute Gasteiger partial charge is 0.436 e. The molecule has 5 aromatic rings. The van der Waals surface area contributed by atoms with Gasteiger partial charge in [0.2, 0.25) is 17.6 Å². The summed E-state index contributed by atoms with van der Waals surface area (Å²) in [6.45, 7) is 5.24. The number of nitrogen functional groups attached to an aromatic ring is 1. The van der Waals surface area contributed by atoms with Crippen LogP contribution in [0.4, 0.5) is 25.1 Å². The van der Waals surface area contributed by atoms with Gasteiger partial charge in [-0.2, -0.15) is 5.10 Å². The maximum atomic E-state index is 15.1. The summed E-state index contributed by atoms with van der Waals surface area (Å²) in [6, 6.07) is 10.7. The van der Waals surface area contributed by atoms with Crippen LogP contribution in [-0.2, 0) is 4.79 Å². The van der Waals surface area contributed by atoms with Crippen LogP contribution in [0.5, 0.6) is 11.6 Å². The van der Waals surface area contributed by atoms with E-state index in [-0.39, 0.29) is 47.4 Å². The molecule has 0 spiro atoms. The average Bonchev–Trinajstić information content (AvgIpc) is 3.57. The number of aromatic amines is 1. The van der Waals surface area contributed by atoms with Crippen molar-refractivity contribution in [2.24, 2.45) is 0 Å². The van der Waals surface area contributed by atoms with E-state index in [2.05, 4.69) is 20.4 Å². The number of aryl methyl sites for hydroxylation is 1. The third-order valence-corrected chi connectivity index (χ3v) is 6.65. The normalized spacial score (nSPS) is 11.0. The number of nitrogens with one attached hydrogen (secondary N) is 2. The number of hydrogen-bond donors (Lipinski definition) is 3. The Bertz CT molecular complexity index is 1880. The lowest BCUT2D eigenvalue weighted by Crippen LogP contribution is -2.44. The Morgan fingerprint density at radius 3 is 2.53 bits per heavy atom. The fourth-order valence-corrected chi connectivity index (χ4v) is 4.49. The maximum Gasteiger partial charge on any atom is 0.328 e. The molecule has 0 aliphatic rings. The number of urea groups is 1. The van der Waals surface area contributed by atoms with Crippen molar-refractivity contribution in [1.29, 1.82) is 0 Å². The van der Waals surface area contributed by atoms with Gasteiger partial charge in [-0.25, -0.2) is 28.1 Å². The van der Waals surface area contributed by atoms with E-state index in [0.717, 1.165) is 11.0 Å². The van der Waals surface area contributed by atoms with Gasteiger partial charge >= 0.3 is 6.03 Å². The topological polar surface area (TPSA) is 148 Å². The van der Waals surface area contributed by atoms with Crippen molar-refractivity contribution >= 4 is 40.1 Å². The number of imide groups is 1. The van der Waals surface area contributed by atoms with Gasteiger partial charge in [0, 0.05) is 29.9 Å². The molecule has 3 amide bonds. The second kappa shape index (κ2) is 11.7. The number of carbonyl (C=O) groups is 3. The number of nitrogens with two attached hydrogens (primary N) is 1. The number of H-pyrrole nitrogens is 1. The van der Waals surface area contributed by atoms with Crippen LogP contribution in [0.1, 0.15) is 41.9 Å². The number of carbonyl (C=O) groups excluding carboxylic acids is 3. The highest BCUT2D eigenvalue weighted by atomic mass is 19.1. The fourth-order valence-electron chi connectivity index (χ4n) is 4.49. The summed E-state index contributed by atoms with van der Waals surface area (Å²) in [5.74, 6) is -2.25. The lowest BCUT2D eigenvalue weighted by Gasteiger charge is -2.21. The summed E-state index contributed by atoms with van der Waals surface area (Å²) in [5, 5.41) is 7.11. The monoisotopic (exact) mass is 587 g/mol. The van der Waals surface area contributed by atoms with Crippen molar-refractivity contribution < 1.29 is 27.9 Å². The highest BCUT2D eigenvalue weighted by molar-refractivity contribution is 6.16. The minimum Gasteiger partial charge on any atom is -0.436 e. The fraction of sp³-hybridized carbons (Fsp3) is 0.167. The number of nitrogens with zero attached hydrogens (tertiary/aromatic N) is 4. The van der Waals surface area contributed by atoms with Gasteiger partial charge in [0.25, 0.3) is 0 Å². The molecule has 0 saturated carbocycles. The first-order chi connectivity index (χ1) is 20.6. The SMILES string of the molecule is CCNC(=O)N(C(=O)CC)c1cc2[nH]c(C(=O)c3cnn(-c4cnc(Oc5ccccc5F)cc4C)c3N)cc2cc1F. The maximum absolute atomic E-state index is 15.1. The molecule has 11 nitrogen and oxygen atoms in total. The van der Waals surface area contributed by atoms with Crippen molar-refractivity contribution in [1.82, 2.24) is 25.1 Å². The molecule has 3 heterocycles. The van der Waals surface area contributed by atoms with E-state index < -0.39 is 29.4 Å². The number of halogens is 2. The molecule has 5 rings (SSSR count). The van der Waals surface area contributed by atoms with Gasteiger partial charge in [-0.05, 0) is 49.7 Å². The van der Waals surface area contributed by atoms with Gasteiger partial charge in [0.1, 0.15) is 11.6 Å². The van der Waals surface area contributed by atoms with Gasteiger partial charge < -0.3 is 20.8 Å². The van der Waals surface area contributed by atoms with Gasteiger partial charge in [0.05, 0.1) is 35.0 Å². The van der Waals surface area contributed by atoms with E-state index >= 15 is 4.39 Å². The molecule has 0 unspecified atom stereocenters. The highest BCUT2D eigenvalue weighted by Crippen LogP contribution is 2.30. The summed E-state index contributed by atoms with van der Waals surface area (Å²) >= 11 is 0. The Morgan fingerprint density at radius 2 is 1.84 bits per heavy atom. The number of hydrogen-bond acceptors (Lipinski definition) is 7. The molecular weight excluding hydrogens is 560 g/mol. The zero-order valence-electron chi connectivity index (χ0n) is 23.4. The molecule has 0 radical (unpaired) electrons. The summed E-state index contributed by atoms with van der Waals surface area (Å²) in [7, 11) is 0. The number of aromatic nitrogens is 4. The number of benzene rings is 2. The van der Waals surface area contributed by atoms with E-state index in [4.69, 9.17) is 10.5 Å². The van der Waals surface area contributed by atoms with Gasteiger partial charge in [0.15, 0.2) is 11.6 Å². The third kappa shape index (κ3) is 5.52. The molecule has 0 saturated heterocycles. The zero-order chi connectivity index (χ0) is 30.8. The number of para-hydroxylation sites is 1. The number of anilines is 2. The van der Waals surface area contributed by atoms with E-state index in [1.54, 1.807) is 39.0 Å². The van der Waals surface area contributed by atoms with Crippen LogP contribution in [0.25, 0.3) is 16.6 Å². The Hall–Kier alpha value is -5.59. The lowest BCUT2D eigenvalue weighted by atomic mass is 10.1. The minimum absolute atomic E-state index is 0.0212. The first-order valence-electron chi connectivity index (χ1n) is 13.3. The number of ether oxygens (including phenoxy) is 1. The van der Waals surface area contributed by atoms with Crippen molar-refractivity contribution in [2.45, 2.75) is 27.2 Å². The van der Waals surface area contributed by atoms with Crippen molar-refractivity contribution in [3.05, 3.63) is 89.4 Å². The molecule has 13 heteroatoms. The van der Waals surface area contributed by atoms with E-state index in [1.807, 2.05) is 0 Å². The summed E-state index contributed by atoms with van der Waals surface area (Å²) in [6.07, 6.45) is 2.71. The summed E-state index contributed by atoms with van der Waals surface area (Å²) in [5.41, 5.74) is 7.68. The first kappa shape index (κ1) is 28.9. The Labute approximate surface area is 244 Å². The zero-order valence-corrected chi connectivity index (χ0v) is 23.4. The Balaban J connectivity index is 1.44. The van der Waals surface area contributed by atoms with Gasteiger partial charge in [-0.1, -0.05) is 19.1 Å². The summed E-state index contributed by atoms with van der Waals surface area (Å²) in [4.78, 5) is 46.4. The molecule has 0 fully saturated rings. The Kier molecular flexibility index (Phi) is 7.88. The molecule has 2 aromatic carbocycles. The number of pyridine rings is 1. The van der Waals surface area contributed by atoms with Crippen LogP contribution in [0, 0.1) is 18.6 Å². The van der Waals surface area contributed by atoms with Crippen LogP contribution >= 0.6 is 0 Å². The molecule has 0 aliphatic carbocycles. The van der Waals surface area contributed by atoms with Crippen LogP contribution < -0.4 is 20.7 Å². The van der Waals surface area contributed by atoms with E-state index in [1.165, 1.54) is 41.3 Å². The summed E-state index contributed by atoms with van der Waals surface area (Å²) < 4.78 is 36.0. The van der Waals surface area contributed by atoms with Gasteiger partial charge in [-0.15, -0.1) is 0 Å². The minimum atomic E-state index is -0.809. The molecule has 0 bridgehead atoms. The molecule has 220 valence electrons. The second-order valence-corrected chi connectivity index (χ2v) is 9.52. The van der Waals surface area contributed by atoms with Crippen LogP contribution in [0.2, 0.25) is 0 Å². The van der Waals surface area contributed by atoms with Crippen LogP contribution in [0.15, 0.2) is 60.9 Å².